The summed E-state index contributed by atoms with van der Waals surface area (Å²) in [4.78, 5) is 6.85. The second-order valence-electron chi connectivity index (χ2n) is 4.78. The zero-order valence-electron chi connectivity index (χ0n) is 13.2. The van der Waals surface area contributed by atoms with E-state index in [-0.39, 0.29) is 6.61 Å². The third-order valence-corrected chi connectivity index (χ3v) is 4.36. The Bertz CT molecular complexity index is 601. The molecule has 2 rings (SSSR count). The minimum absolute atomic E-state index is 0.161. The fourth-order valence-electron chi connectivity index (χ4n) is 2.28. The van der Waals surface area contributed by atoms with Crippen LogP contribution in [0.1, 0.15) is 12.6 Å². The predicted molar refractivity (Wildman–Crippen MR) is 88.7 cm³/mol. The van der Waals surface area contributed by atoms with Crippen LogP contribution in [-0.2, 0) is 6.54 Å². The van der Waals surface area contributed by atoms with Crippen LogP contribution in [0.3, 0.4) is 0 Å². The molecule has 5 nitrogen and oxygen atoms in total. The second kappa shape index (κ2) is 8.12. The first-order valence-corrected chi connectivity index (χ1v) is 8.10. The Morgan fingerprint density at radius 3 is 2.73 bits per heavy atom. The zero-order valence-corrected chi connectivity index (χ0v) is 14.0. The predicted octanol–water partition coefficient (Wildman–Crippen LogP) is 2.64. The average Bonchev–Trinajstić information content (AvgIpc) is 3.01. The summed E-state index contributed by atoms with van der Waals surface area (Å²) in [5.74, 6) is 1.40. The Kier molecular flexibility index (Phi) is 6.18. The van der Waals surface area contributed by atoms with E-state index < -0.39 is 0 Å². The van der Waals surface area contributed by atoms with Gasteiger partial charge in [0.2, 0.25) is 0 Å². The number of likely N-dealkylation sites (N-methyl/N-ethyl adjacent to an activating group) is 1. The molecular formula is C16H22N2O3S. The number of aromatic nitrogens is 1. The number of thiazole rings is 1. The summed E-state index contributed by atoms with van der Waals surface area (Å²) in [6.07, 6.45) is 0. The number of methoxy groups -OCH3 is 2. The number of aliphatic hydroxyl groups is 1. The summed E-state index contributed by atoms with van der Waals surface area (Å²) < 4.78 is 10.8. The number of ether oxygens (including phenoxy) is 2. The van der Waals surface area contributed by atoms with Crippen molar-refractivity contribution in [3.05, 3.63) is 29.3 Å². The molecule has 1 heterocycles. The van der Waals surface area contributed by atoms with Gasteiger partial charge < -0.3 is 14.6 Å². The third kappa shape index (κ3) is 3.76. The van der Waals surface area contributed by atoms with E-state index in [9.17, 15) is 0 Å². The smallest absolute Gasteiger partial charge is 0.170 e. The standard InChI is InChI=1S/C16H22N2O3S/c1-4-18(8-9-19)10-12-11-22-16(17-12)13-6-5-7-14(20-2)15(13)21-3/h5-7,11,19H,4,8-10H2,1-3H3. The molecule has 0 fully saturated rings. The van der Waals surface area contributed by atoms with Gasteiger partial charge in [-0.25, -0.2) is 4.98 Å². The fraction of sp³-hybridized carbons (Fsp3) is 0.438. The van der Waals surface area contributed by atoms with Crippen molar-refractivity contribution in [2.75, 3.05) is 33.9 Å². The van der Waals surface area contributed by atoms with Gasteiger partial charge in [0.15, 0.2) is 11.5 Å². The molecule has 2 aromatic rings. The Balaban J connectivity index is 2.24. The van der Waals surface area contributed by atoms with Gasteiger partial charge in [-0.1, -0.05) is 13.0 Å². The first-order chi connectivity index (χ1) is 10.7. The lowest BCUT2D eigenvalue weighted by atomic mass is 10.2. The van der Waals surface area contributed by atoms with Gasteiger partial charge in [0.1, 0.15) is 5.01 Å². The lowest BCUT2D eigenvalue weighted by Gasteiger charge is -2.17. The lowest BCUT2D eigenvalue weighted by Crippen LogP contribution is -2.26. The van der Waals surface area contributed by atoms with Crippen LogP contribution in [0.5, 0.6) is 11.5 Å². The molecular weight excluding hydrogens is 300 g/mol. The Morgan fingerprint density at radius 2 is 2.09 bits per heavy atom. The summed E-state index contributed by atoms with van der Waals surface area (Å²) in [6.45, 7) is 4.52. The number of hydrogen-bond acceptors (Lipinski definition) is 6. The van der Waals surface area contributed by atoms with Gasteiger partial charge in [0, 0.05) is 18.5 Å². The zero-order chi connectivity index (χ0) is 15.9. The van der Waals surface area contributed by atoms with E-state index >= 15 is 0 Å². The third-order valence-electron chi connectivity index (χ3n) is 3.43. The van der Waals surface area contributed by atoms with Crippen molar-refractivity contribution in [1.82, 2.24) is 9.88 Å². The van der Waals surface area contributed by atoms with Crippen molar-refractivity contribution in [3.8, 4) is 22.1 Å². The molecule has 6 heteroatoms. The van der Waals surface area contributed by atoms with E-state index in [4.69, 9.17) is 19.6 Å². The summed E-state index contributed by atoms with van der Waals surface area (Å²) in [6, 6.07) is 5.79. The number of hydrogen-bond donors (Lipinski definition) is 1. The van der Waals surface area contributed by atoms with Gasteiger partial charge in [-0.2, -0.15) is 0 Å². The molecule has 0 atom stereocenters. The molecule has 0 saturated heterocycles. The molecule has 120 valence electrons. The maximum Gasteiger partial charge on any atom is 0.170 e. The highest BCUT2D eigenvalue weighted by molar-refractivity contribution is 7.13. The maximum atomic E-state index is 9.07. The molecule has 0 aliphatic carbocycles. The molecule has 0 radical (unpaired) electrons. The molecule has 0 saturated carbocycles. The summed E-state index contributed by atoms with van der Waals surface area (Å²) in [5, 5.41) is 12.0. The van der Waals surface area contributed by atoms with Crippen molar-refractivity contribution in [3.63, 3.8) is 0 Å². The minimum atomic E-state index is 0.161. The molecule has 0 unspecified atom stereocenters. The first-order valence-electron chi connectivity index (χ1n) is 7.22. The van der Waals surface area contributed by atoms with Crippen LogP contribution in [0.2, 0.25) is 0 Å². The second-order valence-corrected chi connectivity index (χ2v) is 5.64. The van der Waals surface area contributed by atoms with Gasteiger partial charge >= 0.3 is 0 Å². The van der Waals surface area contributed by atoms with Crippen LogP contribution in [0.25, 0.3) is 10.6 Å². The van der Waals surface area contributed by atoms with E-state index in [1.165, 1.54) is 0 Å². The molecule has 0 amide bonds. The number of rotatable bonds is 8. The molecule has 1 aromatic heterocycles. The highest BCUT2D eigenvalue weighted by Crippen LogP contribution is 2.39. The molecule has 1 N–H and O–H groups in total. The Hall–Kier alpha value is -1.63. The highest BCUT2D eigenvalue weighted by atomic mass is 32.1. The van der Waals surface area contributed by atoms with Crippen LogP contribution in [0.4, 0.5) is 0 Å². The van der Waals surface area contributed by atoms with E-state index in [1.54, 1.807) is 25.6 Å². The normalized spacial score (nSPS) is 11.0. The van der Waals surface area contributed by atoms with Crippen molar-refractivity contribution in [1.29, 1.82) is 0 Å². The molecule has 0 spiro atoms. The van der Waals surface area contributed by atoms with Crippen LogP contribution < -0.4 is 9.47 Å². The van der Waals surface area contributed by atoms with Gasteiger partial charge in [-0.05, 0) is 18.7 Å². The quantitative estimate of drug-likeness (QED) is 0.810. The largest absolute Gasteiger partial charge is 0.493 e. The van der Waals surface area contributed by atoms with E-state index in [0.717, 1.165) is 29.4 Å². The topological polar surface area (TPSA) is 54.8 Å². The maximum absolute atomic E-state index is 9.07. The molecule has 0 aliphatic rings. The minimum Gasteiger partial charge on any atom is -0.493 e. The Morgan fingerprint density at radius 1 is 1.27 bits per heavy atom. The van der Waals surface area contributed by atoms with Crippen LogP contribution in [0, 0.1) is 0 Å². The SMILES string of the molecule is CCN(CCO)Cc1csc(-c2cccc(OC)c2OC)n1. The number of benzene rings is 1. The monoisotopic (exact) mass is 322 g/mol. The van der Waals surface area contributed by atoms with Crippen LogP contribution >= 0.6 is 11.3 Å². The summed E-state index contributed by atoms with van der Waals surface area (Å²) >= 11 is 1.59. The molecule has 1 aromatic carbocycles. The molecule has 0 bridgehead atoms. The van der Waals surface area contributed by atoms with Gasteiger partial charge in [0.05, 0.1) is 32.1 Å². The van der Waals surface area contributed by atoms with E-state index in [1.807, 2.05) is 23.6 Å². The number of aliphatic hydroxyl groups excluding tert-OH is 1. The van der Waals surface area contributed by atoms with Crippen molar-refractivity contribution in [2.45, 2.75) is 13.5 Å². The van der Waals surface area contributed by atoms with Crippen molar-refractivity contribution >= 4 is 11.3 Å². The highest BCUT2D eigenvalue weighted by Gasteiger charge is 2.15. The number of para-hydroxylation sites is 1. The van der Waals surface area contributed by atoms with E-state index in [2.05, 4.69) is 11.8 Å². The van der Waals surface area contributed by atoms with Gasteiger partial charge in [-0.15, -0.1) is 11.3 Å². The first kappa shape index (κ1) is 16.7. The molecule has 0 aliphatic heterocycles. The summed E-state index contributed by atoms with van der Waals surface area (Å²) in [5.41, 5.74) is 1.93. The molecule has 22 heavy (non-hydrogen) atoms. The van der Waals surface area contributed by atoms with Gasteiger partial charge in [0.25, 0.3) is 0 Å². The van der Waals surface area contributed by atoms with Crippen LogP contribution in [0.15, 0.2) is 23.6 Å². The average molecular weight is 322 g/mol. The van der Waals surface area contributed by atoms with Gasteiger partial charge in [-0.3, -0.25) is 4.90 Å². The fourth-order valence-corrected chi connectivity index (χ4v) is 3.11. The number of nitrogens with zero attached hydrogens (tertiary/aromatic N) is 2. The Labute approximate surface area is 135 Å². The van der Waals surface area contributed by atoms with Crippen molar-refractivity contribution in [2.24, 2.45) is 0 Å². The lowest BCUT2D eigenvalue weighted by molar-refractivity contribution is 0.195. The van der Waals surface area contributed by atoms with Crippen LogP contribution in [-0.4, -0.2) is 48.9 Å². The van der Waals surface area contributed by atoms with E-state index in [0.29, 0.717) is 18.0 Å². The van der Waals surface area contributed by atoms with Crippen molar-refractivity contribution < 1.29 is 14.6 Å². The summed E-state index contributed by atoms with van der Waals surface area (Å²) in [7, 11) is 3.26.